The number of hydrogen-bond donors (Lipinski definition) is 0. The van der Waals surface area contributed by atoms with Gasteiger partial charge >= 0.3 is 6.04 Å². The molecule has 0 aromatic rings. The lowest BCUT2D eigenvalue weighted by Gasteiger charge is -2.03. The minimum absolute atomic E-state index is 0.0579. The van der Waals surface area contributed by atoms with Crippen molar-refractivity contribution in [1.29, 1.82) is 0 Å². The van der Waals surface area contributed by atoms with E-state index in [1.54, 1.807) is 12.2 Å². The van der Waals surface area contributed by atoms with E-state index in [-0.39, 0.29) is 11.8 Å². The number of nitrogens with zero attached hydrogens (tertiary/aromatic N) is 4. The van der Waals surface area contributed by atoms with Crippen LogP contribution < -0.4 is 0 Å². The quantitative estimate of drug-likeness (QED) is 0.428. The van der Waals surface area contributed by atoms with Crippen LogP contribution in [0, 0.1) is 16.2 Å². The molecule has 0 fully saturated rings. The molecular weight excluding hydrogens is 160 g/mol. The largest absolute Gasteiger partial charge is 0.364 e. The second-order valence-corrected chi connectivity index (χ2v) is 2.19. The molecule has 6 nitrogen and oxygen atoms in total. The molecule has 0 spiro atoms. The summed E-state index contributed by atoms with van der Waals surface area (Å²) in [6.45, 7) is 0. The Bertz CT molecular complexity index is 353. The van der Waals surface area contributed by atoms with E-state index in [0.29, 0.717) is 5.70 Å². The molecular formula is C6H3N4O2. The molecule has 0 atom stereocenters. The Morgan fingerprint density at radius 3 is 3.08 bits per heavy atom. The summed E-state index contributed by atoms with van der Waals surface area (Å²) in [6, 6.07) is -0.0579. The third kappa shape index (κ3) is 0.849. The minimum atomic E-state index is -0.501. The number of fused-ring (bicyclic) bond motifs is 1. The predicted octanol–water partition coefficient (Wildman–Crippen LogP) is 1.07. The van der Waals surface area contributed by atoms with E-state index in [1.165, 1.54) is 6.08 Å². The maximum Gasteiger partial charge on any atom is 0.364 e. The van der Waals surface area contributed by atoms with E-state index >= 15 is 0 Å². The van der Waals surface area contributed by atoms with Crippen molar-refractivity contribution < 1.29 is 4.92 Å². The molecule has 0 N–H and O–H groups in total. The molecule has 1 heterocycles. The van der Waals surface area contributed by atoms with Crippen molar-refractivity contribution in [3.05, 3.63) is 40.1 Å². The van der Waals surface area contributed by atoms with E-state index in [0.717, 1.165) is 0 Å². The van der Waals surface area contributed by atoms with Crippen LogP contribution >= 0.6 is 0 Å². The second kappa shape index (κ2) is 2.33. The molecule has 59 valence electrons. The molecule has 1 aliphatic carbocycles. The highest BCUT2D eigenvalue weighted by atomic mass is 16.6. The summed E-state index contributed by atoms with van der Waals surface area (Å²) in [5, 5.41) is 20.9. The van der Waals surface area contributed by atoms with Gasteiger partial charge in [0.25, 0.3) is 0 Å². The number of hydrogen-bond acceptors (Lipinski definition) is 5. The van der Waals surface area contributed by atoms with E-state index in [2.05, 4.69) is 15.4 Å². The van der Waals surface area contributed by atoms with Crippen molar-refractivity contribution >= 4 is 5.71 Å². The van der Waals surface area contributed by atoms with Crippen molar-refractivity contribution in [1.82, 2.24) is 0 Å². The molecule has 0 unspecified atom stereocenters. The summed E-state index contributed by atoms with van der Waals surface area (Å²) in [4.78, 5) is 9.92. The molecule has 2 aliphatic rings. The van der Waals surface area contributed by atoms with Gasteiger partial charge in [-0.1, -0.05) is 6.08 Å². The fraction of sp³-hybridized carbons (Fsp3) is 0. The number of rotatable bonds is 1. The van der Waals surface area contributed by atoms with Gasteiger partial charge in [0.2, 0.25) is 0 Å². The Hall–Kier alpha value is -1.85. The molecule has 1 radical (unpaired) electrons. The van der Waals surface area contributed by atoms with E-state index < -0.39 is 4.92 Å². The average Bonchev–Trinajstić information content (AvgIpc) is 2.49. The zero-order valence-corrected chi connectivity index (χ0v) is 5.84. The highest BCUT2D eigenvalue weighted by Gasteiger charge is 2.34. The minimum Gasteiger partial charge on any atom is -0.263 e. The first-order valence-electron chi connectivity index (χ1n) is 3.18. The van der Waals surface area contributed by atoms with Gasteiger partial charge in [0, 0.05) is 11.0 Å². The monoisotopic (exact) mass is 163 g/mol. The topological polar surface area (TPSA) is 80.2 Å². The third-order valence-corrected chi connectivity index (χ3v) is 1.49. The summed E-state index contributed by atoms with van der Waals surface area (Å²) >= 11 is 0. The van der Waals surface area contributed by atoms with Gasteiger partial charge in [-0.25, -0.2) is 0 Å². The first-order valence-corrected chi connectivity index (χ1v) is 3.18. The molecule has 0 amide bonds. The van der Waals surface area contributed by atoms with Crippen molar-refractivity contribution in [2.45, 2.75) is 0 Å². The molecule has 0 bridgehead atoms. The number of nitro groups is 1. The summed E-state index contributed by atoms with van der Waals surface area (Å²) in [5.41, 5.74) is 0.687. The Morgan fingerprint density at radius 2 is 2.33 bits per heavy atom. The summed E-state index contributed by atoms with van der Waals surface area (Å²) in [7, 11) is 0. The smallest absolute Gasteiger partial charge is 0.263 e. The van der Waals surface area contributed by atoms with Crippen LogP contribution in [-0.2, 0) is 0 Å². The van der Waals surface area contributed by atoms with Crippen LogP contribution in [0.15, 0.2) is 39.4 Å². The van der Waals surface area contributed by atoms with Crippen molar-refractivity contribution in [2.24, 2.45) is 15.4 Å². The Morgan fingerprint density at radius 1 is 1.50 bits per heavy atom. The lowest BCUT2D eigenvalue weighted by Crippen LogP contribution is -2.20. The van der Waals surface area contributed by atoms with Crippen LogP contribution in [0.2, 0.25) is 0 Å². The van der Waals surface area contributed by atoms with Gasteiger partial charge in [0.05, 0.1) is 0 Å². The van der Waals surface area contributed by atoms with Crippen LogP contribution in [0.1, 0.15) is 0 Å². The Labute approximate surface area is 67.1 Å². The maximum atomic E-state index is 10.4. The van der Waals surface area contributed by atoms with Crippen LogP contribution in [0.4, 0.5) is 0 Å². The third-order valence-electron chi connectivity index (χ3n) is 1.49. The van der Waals surface area contributed by atoms with Gasteiger partial charge < -0.3 is 0 Å². The zero-order chi connectivity index (χ0) is 8.55. The van der Waals surface area contributed by atoms with Crippen molar-refractivity contribution in [2.75, 3.05) is 0 Å². The van der Waals surface area contributed by atoms with Crippen LogP contribution in [-0.4, -0.2) is 10.6 Å². The van der Waals surface area contributed by atoms with E-state index in [1.807, 2.05) is 0 Å². The summed E-state index contributed by atoms with van der Waals surface area (Å²) < 4.78 is 0. The molecule has 0 saturated heterocycles. The SMILES string of the molecule is O=[N+]([O-])[C]1C=CC=C2N=NN=C12. The maximum absolute atomic E-state index is 10.4. The molecule has 0 saturated carbocycles. The van der Waals surface area contributed by atoms with Gasteiger partial charge in [-0.2, -0.15) is 0 Å². The summed E-state index contributed by atoms with van der Waals surface area (Å²) in [6.07, 6.45) is 4.55. The lowest BCUT2D eigenvalue weighted by atomic mass is 10.0. The first kappa shape index (κ1) is 6.84. The van der Waals surface area contributed by atoms with Gasteiger partial charge in [0.15, 0.2) is 5.71 Å². The van der Waals surface area contributed by atoms with Crippen molar-refractivity contribution in [3.8, 4) is 0 Å². The van der Waals surface area contributed by atoms with Gasteiger partial charge in [-0.15, -0.1) is 10.2 Å². The van der Waals surface area contributed by atoms with Gasteiger partial charge in [0.1, 0.15) is 5.70 Å². The molecule has 0 aromatic heterocycles. The Kier molecular flexibility index (Phi) is 1.33. The first-order chi connectivity index (χ1) is 5.79. The average molecular weight is 163 g/mol. The van der Waals surface area contributed by atoms with Crippen LogP contribution in [0.5, 0.6) is 0 Å². The predicted molar refractivity (Wildman–Crippen MR) is 39.8 cm³/mol. The molecule has 2 rings (SSSR count). The van der Waals surface area contributed by atoms with Gasteiger partial charge in [-0.3, -0.25) is 10.1 Å². The zero-order valence-electron chi connectivity index (χ0n) is 5.84. The van der Waals surface area contributed by atoms with Gasteiger partial charge in [-0.05, 0) is 11.3 Å². The fourth-order valence-corrected chi connectivity index (χ4v) is 0.965. The normalized spacial score (nSPS) is 20.3. The molecule has 0 aromatic carbocycles. The van der Waals surface area contributed by atoms with E-state index in [4.69, 9.17) is 0 Å². The molecule has 12 heavy (non-hydrogen) atoms. The molecule has 6 heteroatoms. The van der Waals surface area contributed by atoms with Crippen LogP contribution in [0.25, 0.3) is 0 Å². The second-order valence-electron chi connectivity index (χ2n) is 2.19. The molecule has 1 aliphatic heterocycles. The highest BCUT2D eigenvalue weighted by Crippen LogP contribution is 2.23. The van der Waals surface area contributed by atoms with Crippen LogP contribution in [0.3, 0.4) is 0 Å². The Balaban J connectivity index is 2.39. The standard InChI is InChI=1S/C6H3N4O2/c11-10(12)5-3-1-2-4-6(5)8-9-7-4/h1-3H. The highest BCUT2D eigenvalue weighted by molar-refractivity contribution is 6.11. The lowest BCUT2D eigenvalue weighted by molar-refractivity contribution is -0.443. The number of allylic oxidation sites excluding steroid dienone is 2. The van der Waals surface area contributed by atoms with E-state index in [9.17, 15) is 10.1 Å². The summed E-state index contributed by atoms with van der Waals surface area (Å²) in [5.74, 6) is 0. The van der Waals surface area contributed by atoms with Crippen molar-refractivity contribution in [3.63, 3.8) is 0 Å². The fourth-order valence-electron chi connectivity index (χ4n) is 0.965.